The highest BCUT2D eigenvalue weighted by Gasteiger charge is 2.33. The zero-order valence-corrected chi connectivity index (χ0v) is 38.2. The van der Waals surface area contributed by atoms with Crippen LogP contribution in [0.15, 0.2) is 81.8 Å². The summed E-state index contributed by atoms with van der Waals surface area (Å²) in [6.45, 7) is 6.40. The third-order valence-corrected chi connectivity index (χ3v) is 12.1. The molecule has 18 heteroatoms. The molecule has 0 bridgehead atoms. The number of aromatic nitrogens is 4. The van der Waals surface area contributed by atoms with E-state index in [1.165, 1.54) is 0 Å². The average Bonchev–Trinajstić information content (AvgIpc) is 4.16. The number of rotatable bonds is 18. The van der Waals surface area contributed by atoms with Crippen LogP contribution in [0.2, 0.25) is 0 Å². The van der Waals surface area contributed by atoms with Gasteiger partial charge in [0.05, 0.1) is 60.0 Å². The minimum atomic E-state index is -1.07. The summed E-state index contributed by atoms with van der Waals surface area (Å²) in [7, 11) is 0. The summed E-state index contributed by atoms with van der Waals surface area (Å²) in [5.41, 5.74) is 24.3. The number of halogens is 1. The second kappa shape index (κ2) is 20.7. The Labute approximate surface area is 385 Å². The lowest BCUT2D eigenvalue weighted by atomic mass is 10.0. The first kappa shape index (κ1) is 46.6. The Kier molecular flexibility index (Phi) is 15.0. The van der Waals surface area contributed by atoms with Gasteiger partial charge >= 0.3 is 0 Å². The van der Waals surface area contributed by atoms with E-state index in [1.54, 1.807) is 6.07 Å². The molecule has 0 unspecified atom stereocenters. The van der Waals surface area contributed by atoms with Crippen LogP contribution in [0.25, 0.3) is 45.7 Å². The molecule has 0 saturated carbocycles. The van der Waals surface area contributed by atoms with Gasteiger partial charge in [-0.15, -0.1) is 0 Å². The second-order valence-electron chi connectivity index (χ2n) is 16.2. The van der Waals surface area contributed by atoms with Crippen molar-refractivity contribution < 1.29 is 38.9 Å². The summed E-state index contributed by atoms with van der Waals surface area (Å²) in [5.74, 6) is 3.34. The second-order valence-corrected chi connectivity index (χ2v) is 17.4. The van der Waals surface area contributed by atoms with E-state index in [0.29, 0.717) is 61.2 Å². The molecule has 17 nitrogen and oxygen atoms in total. The van der Waals surface area contributed by atoms with Crippen molar-refractivity contribution in [2.24, 2.45) is 11.5 Å². The molecular formula is C46H56IN9O8. The molecule has 6 aromatic rings. The molecule has 2 aromatic heterocycles. The summed E-state index contributed by atoms with van der Waals surface area (Å²) >= 11 is 2.25. The molecule has 64 heavy (non-hydrogen) atoms. The van der Waals surface area contributed by atoms with Crippen LogP contribution in [0.3, 0.4) is 0 Å². The molecule has 4 aromatic carbocycles. The minimum Gasteiger partial charge on any atom is -0.492 e. The van der Waals surface area contributed by atoms with Gasteiger partial charge in [0.25, 0.3) is 11.8 Å². The number of hydrogen-bond acceptors (Lipinski definition) is 17. The van der Waals surface area contributed by atoms with Crippen LogP contribution in [-0.4, -0.2) is 118 Å². The fourth-order valence-electron chi connectivity index (χ4n) is 7.70. The average molecular weight is 990 g/mol. The Hall–Kier alpha value is -5.35. The van der Waals surface area contributed by atoms with Gasteiger partial charge in [0.1, 0.15) is 11.5 Å². The highest BCUT2D eigenvalue weighted by molar-refractivity contribution is 14.1. The van der Waals surface area contributed by atoms with Crippen molar-refractivity contribution in [1.82, 2.24) is 20.3 Å². The van der Waals surface area contributed by atoms with Crippen molar-refractivity contribution >= 4 is 39.7 Å². The standard InChI is InChI=1S/C23H27IN4O4.C23H29N5O4/c2*1-2-10-31-20-7-6-15(11-18(20)24)22-26-21(27-32-22)17-4-3-5-19-16(17)8-9-28(19)12-23(25,13-29)14-30/h3-7,11,29-30H,2,8-10,12-14,25H2,1H3;3-7,11,29-30H,2,8-10,12-14,24-25H2,1H3. The fourth-order valence-corrected chi connectivity index (χ4v) is 8.37. The van der Waals surface area contributed by atoms with E-state index in [4.69, 9.17) is 35.7 Å². The zero-order valence-electron chi connectivity index (χ0n) is 36.0. The maximum Gasteiger partial charge on any atom is 0.258 e. The topological polar surface area (TPSA) is 262 Å². The highest BCUT2D eigenvalue weighted by atomic mass is 127. The molecular weight excluding hydrogens is 933 g/mol. The van der Waals surface area contributed by atoms with Gasteiger partial charge in [-0.05, 0) is 108 Å². The number of hydrogen-bond donors (Lipinski definition) is 7. The number of anilines is 3. The van der Waals surface area contributed by atoms with Gasteiger partial charge in [-0.2, -0.15) is 9.97 Å². The SMILES string of the molecule is CCCOc1ccc(-c2nc(-c3cccc4c3CCN4CC(N)(CO)CO)no2)cc1I.CCCOc1ccc(-c2nc(-c3cccc4c3CCN4CC(N)(CO)CO)no2)cc1N. The molecule has 0 aliphatic carbocycles. The number of benzene rings is 4. The summed E-state index contributed by atoms with van der Waals surface area (Å²) in [6, 6.07) is 23.1. The third-order valence-electron chi connectivity index (χ3n) is 11.2. The number of nitrogens with zero attached hydrogens (tertiary/aromatic N) is 6. The van der Waals surface area contributed by atoms with Gasteiger partial charge in [0.15, 0.2) is 0 Å². The highest BCUT2D eigenvalue weighted by Crippen LogP contribution is 2.39. The Morgan fingerprint density at radius 2 is 1.11 bits per heavy atom. The van der Waals surface area contributed by atoms with Crippen molar-refractivity contribution in [1.29, 1.82) is 0 Å². The third kappa shape index (κ3) is 10.3. The van der Waals surface area contributed by atoms with Gasteiger partial charge in [-0.25, -0.2) is 0 Å². The lowest BCUT2D eigenvalue weighted by Gasteiger charge is -2.31. The Balaban J connectivity index is 0.000000191. The van der Waals surface area contributed by atoms with E-state index >= 15 is 0 Å². The molecule has 0 fully saturated rings. The van der Waals surface area contributed by atoms with Crippen LogP contribution in [0.1, 0.15) is 37.8 Å². The lowest BCUT2D eigenvalue weighted by Crippen LogP contribution is -2.55. The van der Waals surface area contributed by atoms with E-state index in [-0.39, 0.29) is 26.4 Å². The molecule has 0 radical (unpaired) electrons. The fraction of sp³-hybridized carbons (Fsp3) is 0.391. The quantitative estimate of drug-likeness (QED) is 0.0456. The predicted molar refractivity (Wildman–Crippen MR) is 253 cm³/mol. The molecule has 4 heterocycles. The van der Waals surface area contributed by atoms with Crippen LogP contribution in [-0.2, 0) is 12.8 Å². The summed E-state index contributed by atoms with van der Waals surface area (Å²) in [5, 5.41) is 46.7. The first-order chi connectivity index (χ1) is 30.9. The first-order valence-electron chi connectivity index (χ1n) is 21.3. The number of nitrogens with two attached hydrogens (primary N) is 3. The van der Waals surface area contributed by atoms with Crippen LogP contribution in [0.5, 0.6) is 11.5 Å². The number of nitrogen functional groups attached to an aromatic ring is 1. The van der Waals surface area contributed by atoms with E-state index < -0.39 is 11.1 Å². The zero-order chi connectivity index (χ0) is 45.4. The number of fused-ring (bicyclic) bond motifs is 2. The molecule has 8 rings (SSSR count). The van der Waals surface area contributed by atoms with Gasteiger partial charge in [0, 0.05) is 59.8 Å². The van der Waals surface area contributed by atoms with Crippen molar-refractivity contribution in [3.05, 3.63) is 87.5 Å². The monoisotopic (exact) mass is 989 g/mol. The maximum absolute atomic E-state index is 9.56. The Bertz CT molecular complexity index is 2340. The molecule has 0 atom stereocenters. The van der Waals surface area contributed by atoms with E-state index in [1.807, 2.05) is 73.7 Å². The largest absolute Gasteiger partial charge is 0.492 e. The maximum atomic E-state index is 9.56. The normalized spacial score (nSPS) is 13.5. The van der Waals surface area contributed by atoms with Crippen LogP contribution in [0, 0.1) is 3.57 Å². The van der Waals surface area contributed by atoms with Crippen LogP contribution in [0.4, 0.5) is 17.1 Å². The first-order valence-corrected chi connectivity index (χ1v) is 22.4. The van der Waals surface area contributed by atoms with Gasteiger partial charge in [0.2, 0.25) is 11.6 Å². The Morgan fingerprint density at radius 1 is 0.656 bits per heavy atom. The smallest absolute Gasteiger partial charge is 0.258 e. The molecule has 2 aliphatic heterocycles. The number of aliphatic hydroxyl groups excluding tert-OH is 4. The molecule has 10 N–H and O–H groups in total. The van der Waals surface area contributed by atoms with Crippen molar-refractivity contribution in [3.63, 3.8) is 0 Å². The van der Waals surface area contributed by atoms with Crippen LogP contribution < -0.4 is 36.5 Å². The van der Waals surface area contributed by atoms with E-state index in [0.717, 1.165) is 92.8 Å². The van der Waals surface area contributed by atoms with Crippen molar-refractivity contribution in [2.75, 3.05) is 81.4 Å². The number of ether oxygens (including phenoxy) is 2. The molecule has 0 saturated heterocycles. The van der Waals surface area contributed by atoms with E-state index in [2.05, 4.69) is 59.6 Å². The van der Waals surface area contributed by atoms with Gasteiger partial charge in [-0.1, -0.05) is 48.4 Å². The minimum absolute atomic E-state index is 0.287. The van der Waals surface area contributed by atoms with Crippen molar-refractivity contribution in [3.8, 4) is 57.2 Å². The predicted octanol–water partition coefficient (Wildman–Crippen LogP) is 4.66. The summed E-state index contributed by atoms with van der Waals surface area (Å²) < 4.78 is 23.5. The molecule has 340 valence electrons. The molecule has 0 spiro atoms. The summed E-state index contributed by atoms with van der Waals surface area (Å²) in [6.07, 6.45) is 3.43. The molecule has 0 amide bonds. The summed E-state index contributed by atoms with van der Waals surface area (Å²) in [4.78, 5) is 13.4. The van der Waals surface area contributed by atoms with Gasteiger partial charge < -0.3 is 65.9 Å². The van der Waals surface area contributed by atoms with E-state index in [9.17, 15) is 20.4 Å². The number of aliphatic hydroxyl groups is 4. The lowest BCUT2D eigenvalue weighted by molar-refractivity contribution is 0.125. The van der Waals surface area contributed by atoms with Crippen LogP contribution >= 0.6 is 22.6 Å². The van der Waals surface area contributed by atoms with Gasteiger partial charge in [-0.3, -0.25) is 0 Å². The Morgan fingerprint density at radius 3 is 1.55 bits per heavy atom. The molecule has 2 aliphatic rings. The van der Waals surface area contributed by atoms with Crippen molar-refractivity contribution in [2.45, 2.75) is 50.6 Å².